The van der Waals surface area contributed by atoms with Crippen LogP contribution in [0, 0.1) is 0 Å². The first-order valence-corrected chi connectivity index (χ1v) is 10.4. The maximum Gasteiger partial charge on any atom is 0.250 e. The molecule has 2 N–H and O–H groups in total. The van der Waals surface area contributed by atoms with Gasteiger partial charge in [-0.05, 0) is 42.5 Å². The Morgan fingerprint density at radius 2 is 1.84 bits per heavy atom. The predicted octanol–water partition coefficient (Wildman–Crippen LogP) is 2.94. The van der Waals surface area contributed by atoms with Gasteiger partial charge in [-0.3, -0.25) is 10.1 Å². The second-order valence-corrected chi connectivity index (χ2v) is 7.82. The number of carbonyl (C=O) groups excluding carboxylic acids is 2. The SMILES string of the molecule is O=C([O-])CCCC(=O)Nc1nc2n(n1)[C@@H](c1ccc(Cl)cc1)C[C@H](c1ccccc1)N2. The Labute approximate surface area is 184 Å². The zero-order valence-electron chi connectivity index (χ0n) is 16.6. The van der Waals surface area contributed by atoms with Crippen molar-refractivity contribution in [2.24, 2.45) is 0 Å². The van der Waals surface area contributed by atoms with Crippen molar-refractivity contribution in [2.45, 2.75) is 37.8 Å². The average molecular weight is 439 g/mol. The zero-order chi connectivity index (χ0) is 21.8. The number of hydrogen-bond donors (Lipinski definition) is 2. The molecule has 160 valence electrons. The molecule has 9 heteroatoms. The van der Waals surface area contributed by atoms with Gasteiger partial charge in [-0.1, -0.05) is 54.1 Å². The molecule has 1 aromatic heterocycles. The molecule has 2 heterocycles. The second kappa shape index (κ2) is 9.18. The first kappa shape index (κ1) is 20.9. The number of carbonyl (C=O) groups is 2. The minimum Gasteiger partial charge on any atom is -0.550 e. The number of nitrogens with zero attached hydrogens (tertiary/aromatic N) is 3. The molecule has 4 rings (SSSR count). The number of carboxylic acid groups (broad SMARTS) is 1. The summed E-state index contributed by atoms with van der Waals surface area (Å²) < 4.78 is 1.76. The number of aromatic nitrogens is 3. The molecule has 0 saturated carbocycles. The Balaban J connectivity index is 1.59. The number of halogens is 1. The van der Waals surface area contributed by atoms with Crippen LogP contribution in [0.4, 0.5) is 11.9 Å². The van der Waals surface area contributed by atoms with E-state index in [2.05, 4.69) is 32.8 Å². The highest BCUT2D eigenvalue weighted by atomic mass is 35.5. The highest BCUT2D eigenvalue weighted by Crippen LogP contribution is 2.38. The molecule has 31 heavy (non-hydrogen) atoms. The van der Waals surface area contributed by atoms with Crippen molar-refractivity contribution in [3.8, 4) is 0 Å². The van der Waals surface area contributed by atoms with Crippen LogP contribution >= 0.6 is 11.6 Å². The van der Waals surface area contributed by atoms with Gasteiger partial charge in [0.2, 0.25) is 11.9 Å². The monoisotopic (exact) mass is 438 g/mol. The zero-order valence-corrected chi connectivity index (χ0v) is 17.4. The number of rotatable bonds is 7. The van der Waals surface area contributed by atoms with Crippen molar-refractivity contribution in [3.63, 3.8) is 0 Å². The Kier molecular flexibility index (Phi) is 6.18. The van der Waals surface area contributed by atoms with Gasteiger partial charge in [-0.25, -0.2) is 4.68 Å². The average Bonchev–Trinajstić information content (AvgIpc) is 3.16. The van der Waals surface area contributed by atoms with Crippen LogP contribution in [-0.4, -0.2) is 26.6 Å². The van der Waals surface area contributed by atoms with Crippen LogP contribution in [0.1, 0.15) is 48.9 Å². The van der Waals surface area contributed by atoms with Gasteiger partial charge in [0.25, 0.3) is 5.95 Å². The van der Waals surface area contributed by atoms with Gasteiger partial charge in [0.15, 0.2) is 0 Å². The van der Waals surface area contributed by atoms with Gasteiger partial charge in [-0.15, -0.1) is 5.10 Å². The molecule has 0 saturated heterocycles. The topological polar surface area (TPSA) is 112 Å². The molecule has 0 radical (unpaired) electrons. The number of anilines is 2. The lowest BCUT2D eigenvalue weighted by molar-refractivity contribution is -0.305. The number of aliphatic carboxylic acids is 1. The third kappa shape index (κ3) is 5.03. The molecule has 1 amide bonds. The lowest BCUT2D eigenvalue weighted by Crippen LogP contribution is -2.28. The standard InChI is InChI=1S/C22H22ClN5O3/c23-16-11-9-15(10-12-16)18-13-17(14-5-2-1-3-6-14)24-22-26-21(27-28(18)22)25-19(29)7-4-8-20(30)31/h1-3,5-6,9-12,17-18H,4,7-8,13H2,(H,30,31)(H2,24,25,26,27,29)/p-1/t17-,18-/m1/s1. The highest BCUT2D eigenvalue weighted by Gasteiger charge is 2.31. The smallest absolute Gasteiger partial charge is 0.250 e. The van der Waals surface area contributed by atoms with E-state index < -0.39 is 5.97 Å². The summed E-state index contributed by atoms with van der Waals surface area (Å²) in [6.45, 7) is 0. The Morgan fingerprint density at radius 3 is 2.55 bits per heavy atom. The summed E-state index contributed by atoms with van der Waals surface area (Å²) in [5.41, 5.74) is 2.16. The summed E-state index contributed by atoms with van der Waals surface area (Å²) in [6, 6.07) is 17.6. The lowest BCUT2D eigenvalue weighted by atomic mass is 9.93. The van der Waals surface area contributed by atoms with Crippen LogP contribution in [0.5, 0.6) is 0 Å². The first-order valence-electron chi connectivity index (χ1n) is 10.0. The van der Waals surface area contributed by atoms with E-state index in [1.807, 2.05) is 42.5 Å². The fraction of sp³-hybridized carbons (Fsp3) is 0.273. The van der Waals surface area contributed by atoms with Gasteiger partial charge < -0.3 is 15.2 Å². The summed E-state index contributed by atoms with van der Waals surface area (Å²) in [6.07, 6.45) is 0.822. The van der Waals surface area contributed by atoms with Crippen LogP contribution in [0.15, 0.2) is 54.6 Å². The maximum absolute atomic E-state index is 12.1. The van der Waals surface area contributed by atoms with Crippen molar-refractivity contribution in [1.29, 1.82) is 0 Å². The quantitative estimate of drug-likeness (QED) is 0.586. The number of hydrogen-bond acceptors (Lipinski definition) is 6. The number of carboxylic acids is 1. The predicted molar refractivity (Wildman–Crippen MR) is 115 cm³/mol. The third-order valence-electron chi connectivity index (χ3n) is 5.18. The van der Waals surface area contributed by atoms with Crippen LogP contribution in [0.3, 0.4) is 0 Å². The third-order valence-corrected chi connectivity index (χ3v) is 5.43. The molecule has 0 fully saturated rings. The molecule has 8 nitrogen and oxygen atoms in total. The normalized spacial score (nSPS) is 17.5. The molecule has 1 aliphatic rings. The molecule has 0 aliphatic carbocycles. The minimum absolute atomic E-state index is 0.0187. The summed E-state index contributed by atoms with van der Waals surface area (Å²) in [4.78, 5) is 27.1. The van der Waals surface area contributed by atoms with Crippen molar-refractivity contribution in [1.82, 2.24) is 14.8 Å². The lowest BCUT2D eigenvalue weighted by Gasteiger charge is -2.31. The van der Waals surface area contributed by atoms with Crippen LogP contribution in [0.2, 0.25) is 5.02 Å². The van der Waals surface area contributed by atoms with E-state index in [0.29, 0.717) is 11.0 Å². The summed E-state index contributed by atoms with van der Waals surface area (Å²) in [7, 11) is 0. The van der Waals surface area contributed by atoms with Crippen molar-refractivity contribution >= 4 is 35.4 Å². The largest absolute Gasteiger partial charge is 0.550 e. The molecule has 2 aromatic carbocycles. The van der Waals surface area contributed by atoms with E-state index >= 15 is 0 Å². The fourth-order valence-corrected chi connectivity index (χ4v) is 3.80. The molecule has 0 bridgehead atoms. The number of nitrogens with one attached hydrogen (secondary N) is 2. The Bertz CT molecular complexity index is 1070. The maximum atomic E-state index is 12.1. The fourth-order valence-electron chi connectivity index (χ4n) is 3.68. The van der Waals surface area contributed by atoms with Crippen LogP contribution in [-0.2, 0) is 9.59 Å². The summed E-state index contributed by atoms with van der Waals surface area (Å²) >= 11 is 6.06. The van der Waals surface area contributed by atoms with Gasteiger partial charge in [-0.2, -0.15) is 4.98 Å². The molecule has 2 atom stereocenters. The van der Waals surface area contributed by atoms with Crippen molar-refractivity contribution < 1.29 is 14.7 Å². The molecule has 3 aromatic rings. The van der Waals surface area contributed by atoms with E-state index in [-0.39, 0.29) is 43.2 Å². The Hall–Kier alpha value is -3.39. The van der Waals surface area contributed by atoms with E-state index in [9.17, 15) is 14.7 Å². The number of fused-ring (bicyclic) bond motifs is 1. The van der Waals surface area contributed by atoms with E-state index in [4.69, 9.17) is 11.6 Å². The molecule has 0 spiro atoms. The van der Waals surface area contributed by atoms with Crippen molar-refractivity contribution in [2.75, 3.05) is 10.6 Å². The van der Waals surface area contributed by atoms with E-state index in [0.717, 1.165) is 17.5 Å². The van der Waals surface area contributed by atoms with Crippen LogP contribution < -0.4 is 15.7 Å². The Morgan fingerprint density at radius 1 is 1.10 bits per heavy atom. The van der Waals surface area contributed by atoms with Gasteiger partial charge in [0.1, 0.15) is 0 Å². The summed E-state index contributed by atoms with van der Waals surface area (Å²) in [5, 5.41) is 21.7. The highest BCUT2D eigenvalue weighted by molar-refractivity contribution is 6.30. The van der Waals surface area contributed by atoms with E-state index in [1.165, 1.54) is 0 Å². The molecular formula is C22H21ClN5O3-. The number of amides is 1. The van der Waals surface area contributed by atoms with Gasteiger partial charge in [0.05, 0.1) is 12.1 Å². The molecule has 0 unspecified atom stereocenters. The van der Waals surface area contributed by atoms with Crippen molar-refractivity contribution in [3.05, 3.63) is 70.7 Å². The van der Waals surface area contributed by atoms with Gasteiger partial charge >= 0.3 is 0 Å². The van der Waals surface area contributed by atoms with Gasteiger partial charge in [0, 0.05) is 17.4 Å². The number of benzene rings is 2. The second-order valence-electron chi connectivity index (χ2n) is 7.39. The van der Waals surface area contributed by atoms with Crippen LogP contribution in [0.25, 0.3) is 0 Å². The minimum atomic E-state index is -1.18. The molecule has 1 aliphatic heterocycles. The first-order chi connectivity index (χ1) is 15.0. The molecular weight excluding hydrogens is 418 g/mol. The van der Waals surface area contributed by atoms with E-state index in [1.54, 1.807) is 4.68 Å². The summed E-state index contributed by atoms with van der Waals surface area (Å²) in [5.74, 6) is -0.795.